The lowest BCUT2D eigenvalue weighted by atomic mass is 10.3. The van der Waals surface area contributed by atoms with Gasteiger partial charge in [-0.15, -0.1) is 0 Å². The average Bonchev–Trinajstić information content (AvgIpc) is 3.10. The molecule has 4 rings (SSSR count). The van der Waals surface area contributed by atoms with Crippen LogP contribution in [0.3, 0.4) is 0 Å². The second kappa shape index (κ2) is 9.92. The molecule has 2 fully saturated rings. The van der Waals surface area contributed by atoms with Gasteiger partial charge in [-0.1, -0.05) is 0 Å². The molecule has 0 aromatic carbocycles. The summed E-state index contributed by atoms with van der Waals surface area (Å²) in [6.07, 6.45) is 6.71. The Morgan fingerprint density at radius 3 is 2.50 bits per heavy atom. The molecule has 0 atom stereocenters. The molecule has 2 aliphatic rings. The van der Waals surface area contributed by atoms with Gasteiger partial charge in [0.1, 0.15) is 12.9 Å². The van der Waals surface area contributed by atoms with E-state index in [0.29, 0.717) is 42.1 Å². The van der Waals surface area contributed by atoms with Gasteiger partial charge in [0.05, 0.1) is 28.7 Å². The predicted molar refractivity (Wildman–Crippen MR) is 122 cm³/mol. The lowest BCUT2D eigenvalue weighted by Crippen LogP contribution is -2.47. The smallest absolute Gasteiger partial charge is 0.290 e. The van der Waals surface area contributed by atoms with Crippen LogP contribution in [-0.2, 0) is 4.79 Å². The Morgan fingerprint density at radius 1 is 1.12 bits per heavy atom. The van der Waals surface area contributed by atoms with Crippen LogP contribution in [0.25, 0.3) is 6.08 Å². The molecule has 2 aromatic rings. The Balaban J connectivity index is 1.53. The molecule has 0 unspecified atom stereocenters. The molecule has 0 aliphatic carbocycles. The van der Waals surface area contributed by atoms with Gasteiger partial charge in [-0.25, -0.2) is 15.0 Å². The zero-order chi connectivity index (χ0) is 22.5. The van der Waals surface area contributed by atoms with E-state index in [1.807, 2.05) is 19.0 Å². The van der Waals surface area contributed by atoms with Crippen LogP contribution in [0, 0.1) is 0 Å². The van der Waals surface area contributed by atoms with Crippen LogP contribution in [0.2, 0.25) is 0 Å². The van der Waals surface area contributed by atoms with E-state index in [1.165, 1.54) is 6.33 Å². The van der Waals surface area contributed by atoms with Crippen molar-refractivity contribution in [3.05, 3.63) is 35.4 Å². The largest absolute Gasteiger partial charge is 0.476 e. The van der Waals surface area contributed by atoms with Crippen molar-refractivity contribution in [2.45, 2.75) is 0 Å². The standard InChI is InChI=1S/C20H24N8O3S/c1-26(2)7-8-31-17-10-14(9-16-18(29)25-20(30)32-16)23-19(24-17)28-5-3-27(4-6-28)15-11-21-13-22-12-15/h9-13H,3-8H2,1-2H3,(H,25,29,30). The highest BCUT2D eigenvalue weighted by atomic mass is 32.2. The van der Waals surface area contributed by atoms with Crippen molar-refractivity contribution in [1.82, 2.24) is 30.2 Å². The molecule has 12 heteroatoms. The van der Waals surface area contributed by atoms with Crippen molar-refractivity contribution in [1.29, 1.82) is 0 Å². The number of ether oxygens (including phenoxy) is 1. The minimum absolute atomic E-state index is 0.299. The van der Waals surface area contributed by atoms with Crippen molar-refractivity contribution in [2.75, 3.05) is 63.2 Å². The Kier molecular flexibility index (Phi) is 6.81. The van der Waals surface area contributed by atoms with E-state index >= 15 is 0 Å². The number of rotatable bonds is 7. The van der Waals surface area contributed by atoms with E-state index in [2.05, 4.69) is 35.1 Å². The van der Waals surface area contributed by atoms with Crippen LogP contribution in [0.15, 0.2) is 29.7 Å². The van der Waals surface area contributed by atoms with Crippen LogP contribution in [0.4, 0.5) is 16.4 Å². The average molecular weight is 457 g/mol. The van der Waals surface area contributed by atoms with Crippen molar-refractivity contribution >= 4 is 40.6 Å². The zero-order valence-electron chi connectivity index (χ0n) is 17.9. The fourth-order valence-corrected chi connectivity index (χ4v) is 3.89. The van der Waals surface area contributed by atoms with Gasteiger partial charge < -0.3 is 19.4 Å². The number of hydrogen-bond acceptors (Lipinski definition) is 11. The highest BCUT2D eigenvalue weighted by molar-refractivity contribution is 8.18. The third-order valence-corrected chi connectivity index (χ3v) is 5.71. The molecule has 11 nitrogen and oxygen atoms in total. The zero-order valence-corrected chi connectivity index (χ0v) is 18.7. The van der Waals surface area contributed by atoms with Gasteiger partial charge >= 0.3 is 0 Å². The molecule has 32 heavy (non-hydrogen) atoms. The summed E-state index contributed by atoms with van der Waals surface area (Å²) in [7, 11) is 3.93. The molecule has 168 valence electrons. The second-order valence-corrected chi connectivity index (χ2v) is 8.52. The number of nitrogens with one attached hydrogen (secondary N) is 1. The van der Waals surface area contributed by atoms with Gasteiger partial charge in [0, 0.05) is 38.8 Å². The van der Waals surface area contributed by atoms with Gasteiger partial charge in [-0.05, 0) is 31.9 Å². The van der Waals surface area contributed by atoms with Gasteiger partial charge in [0.25, 0.3) is 11.1 Å². The summed E-state index contributed by atoms with van der Waals surface area (Å²) in [6, 6.07) is 1.68. The van der Waals surface area contributed by atoms with Crippen LogP contribution in [0.5, 0.6) is 5.88 Å². The van der Waals surface area contributed by atoms with E-state index in [1.54, 1.807) is 24.5 Å². The number of nitrogens with zero attached hydrogens (tertiary/aromatic N) is 7. The summed E-state index contributed by atoms with van der Waals surface area (Å²) < 4.78 is 5.84. The molecule has 0 saturated carbocycles. The summed E-state index contributed by atoms with van der Waals surface area (Å²) in [5, 5.41) is 1.87. The van der Waals surface area contributed by atoms with Crippen LogP contribution in [-0.4, -0.2) is 89.4 Å². The minimum atomic E-state index is -0.422. The van der Waals surface area contributed by atoms with Crippen molar-refractivity contribution in [3.63, 3.8) is 0 Å². The Hall–Kier alpha value is -3.25. The lowest BCUT2D eigenvalue weighted by molar-refractivity contribution is -0.115. The summed E-state index contributed by atoms with van der Waals surface area (Å²) in [5.74, 6) is 0.532. The molecular formula is C20H24N8O3S. The van der Waals surface area contributed by atoms with Crippen LogP contribution < -0.4 is 19.9 Å². The number of hydrogen-bond donors (Lipinski definition) is 1. The monoisotopic (exact) mass is 456 g/mol. The first-order valence-electron chi connectivity index (χ1n) is 10.1. The number of piperazine rings is 1. The molecule has 0 radical (unpaired) electrons. The first kappa shape index (κ1) is 22.0. The molecule has 2 saturated heterocycles. The number of carbonyl (C=O) groups excluding carboxylic acids is 2. The minimum Gasteiger partial charge on any atom is -0.476 e. The van der Waals surface area contributed by atoms with Crippen molar-refractivity contribution in [2.24, 2.45) is 0 Å². The third-order valence-electron chi connectivity index (χ3n) is 4.89. The first-order valence-corrected chi connectivity index (χ1v) is 11.0. The number of anilines is 2. The normalized spacial score (nSPS) is 17.9. The number of amides is 2. The first-order chi connectivity index (χ1) is 15.5. The molecular weight excluding hydrogens is 432 g/mol. The van der Waals surface area contributed by atoms with Gasteiger partial charge in [-0.2, -0.15) is 4.98 Å². The maximum absolute atomic E-state index is 12.0. The summed E-state index contributed by atoms with van der Waals surface area (Å²) in [6.45, 7) is 4.16. The molecule has 0 spiro atoms. The number of carbonyl (C=O) groups is 2. The maximum atomic E-state index is 12.0. The third kappa shape index (κ3) is 5.51. The van der Waals surface area contributed by atoms with Crippen molar-refractivity contribution < 1.29 is 14.3 Å². The number of aromatic nitrogens is 4. The van der Waals surface area contributed by atoms with E-state index in [9.17, 15) is 9.59 Å². The van der Waals surface area contributed by atoms with Gasteiger partial charge in [0.2, 0.25) is 11.8 Å². The Labute approximate surface area is 189 Å². The van der Waals surface area contributed by atoms with Crippen molar-refractivity contribution in [3.8, 4) is 5.88 Å². The molecule has 2 aromatic heterocycles. The van der Waals surface area contributed by atoms with Crippen LogP contribution >= 0.6 is 11.8 Å². The number of thioether (sulfide) groups is 1. The van der Waals surface area contributed by atoms with E-state index < -0.39 is 5.91 Å². The lowest BCUT2D eigenvalue weighted by Gasteiger charge is -2.35. The number of imide groups is 1. The van der Waals surface area contributed by atoms with Gasteiger partial charge in [0.15, 0.2) is 0 Å². The fraction of sp³-hybridized carbons (Fsp3) is 0.400. The summed E-state index contributed by atoms with van der Waals surface area (Å²) >= 11 is 0.857. The van der Waals surface area contributed by atoms with Gasteiger partial charge in [-0.3, -0.25) is 14.9 Å². The van der Waals surface area contributed by atoms with E-state index in [4.69, 9.17) is 4.74 Å². The molecule has 4 heterocycles. The quantitative estimate of drug-likeness (QED) is 0.598. The highest BCUT2D eigenvalue weighted by Gasteiger charge is 2.26. The van der Waals surface area contributed by atoms with E-state index in [-0.39, 0.29) is 5.24 Å². The highest BCUT2D eigenvalue weighted by Crippen LogP contribution is 2.27. The number of likely N-dealkylation sites (N-methyl/N-ethyl adjacent to an activating group) is 1. The van der Waals surface area contributed by atoms with E-state index in [0.717, 1.165) is 37.1 Å². The Bertz CT molecular complexity index is 1010. The molecule has 2 aliphatic heterocycles. The molecule has 0 bridgehead atoms. The molecule has 1 N–H and O–H groups in total. The maximum Gasteiger partial charge on any atom is 0.290 e. The topological polar surface area (TPSA) is 117 Å². The Morgan fingerprint density at radius 2 is 1.84 bits per heavy atom. The second-order valence-electron chi connectivity index (χ2n) is 7.51. The summed E-state index contributed by atoms with van der Waals surface area (Å²) in [4.78, 5) is 47.4. The van der Waals surface area contributed by atoms with Crippen LogP contribution in [0.1, 0.15) is 5.69 Å². The predicted octanol–water partition coefficient (Wildman–Crippen LogP) is 0.857. The SMILES string of the molecule is CN(C)CCOc1cc(C=C2SC(=O)NC2=O)nc(N2CCN(c3cncnc3)CC2)n1. The molecule has 2 amide bonds. The summed E-state index contributed by atoms with van der Waals surface area (Å²) in [5.41, 5.74) is 1.49. The fourth-order valence-electron chi connectivity index (χ4n) is 3.23.